The summed E-state index contributed by atoms with van der Waals surface area (Å²) in [6.45, 7) is 6.24. The van der Waals surface area contributed by atoms with Crippen LogP contribution >= 0.6 is 0 Å². The van der Waals surface area contributed by atoms with E-state index < -0.39 is 17.8 Å². The van der Waals surface area contributed by atoms with Crippen LogP contribution in [0, 0.1) is 20.8 Å². The number of imide groups is 2. The van der Waals surface area contributed by atoms with Gasteiger partial charge in [-0.3, -0.25) is 14.9 Å². The van der Waals surface area contributed by atoms with Crippen LogP contribution in [0.25, 0.3) is 6.08 Å². The predicted octanol–water partition coefficient (Wildman–Crippen LogP) is 4.86. The second kappa shape index (κ2) is 9.12. The minimum Gasteiger partial charge on any atom is -0.489 e. The normalized spacial score (nSPS) is 15.1. The van der Waals surface area contributed by atoms with Gasteiger partial charge in [0.15, 0.2) is 0 Å². The highest BCUT2D eigenvalue weighted by Gasteiger charge is 2.36. The Morgan fingerprint density at radius 2 is 1.55 bits per heavy atom. The standard InChI is InChI=1S/C27H24N2O4/c1-17-5-4-6-21(12-17)16-33-23-9-7-20(8-10-23)15-24-25(30)28-27(32)29(26(24)31)22-13-18(2)11-19(3)14-22/h4-15H,16H2,1-3H3,(H,28,30,32)/b24-15+. The molecule has 6 nitrogen and oxygen atoms in total. The van der Waals surface area contributed by atoms with Crippen LogP contribution in [0.2, 0.25) is 0 Å². The van der Waals surface area contributed by atoms with Gasteiger partial charge >= 0.3 is 6.03 Å². The first-order valence-corrected chi connectivity index (χ1v) is 10.6. The molecule has 0 saturated carbocycles. The van der Waals surface area contributed by atoms with Gasteiger partial charge in [0.2, 0.25) is 0 Å². The van der Waals surface area contributed by atoms with Gasteiger partial charge in [0, 0.05) is 0 Å². The zero-order valence-corrected chi connectivity index (χ0v) is 18.7. The molecule has 1 aliphatic rings. The van der Waals surface area contributed by atoms with Crippen molar-refractivity contribution < 1.29 is 19.1 Å². The van der Waals surface area contributed by atoms with Gasteiger partial charge in [-0.05, 0) is 73.4 Å². The summed E-state index contributed by atoms with van der Waals surface area (Å²) in [5.74, 6) is -0.705. The Morgan fingerprint density at radius 1 is 0.848 bits per heavy atom. The molecule has 4 amide bonds. The second-order valence-corrected chi connectivity index (χ2v) is 8.15. The number of nitrogens with zero attached hydrogens (tertiary/aromatic N) is 1. The fraction of sp³-hybridized carbons (Fsp3) is 0.148. The molecule has 0 spiro atoms. The van der Waals surface area contributed by atoms with E-state index in [4.69, 9.17) is 4.74 Å². The number of barbiturate groups is 1. The van der Waals surface area contributed by atoms with E-state index in [1.165, 1.54) is 11.6 Å². The highest BCUT2D eigenvalue weighted by molar-refractivity contribution is 6.39. The number of nitrogens with one attached hydrogen (secondary N) is 1. The number of hydrogen-bond acceptors (Lipinski definition) is 4. The average Bonchev–Trinajstić information content (AvgIpc) is 2.75. The lowest BCUT2D eigenvalue weighted by Gasteiger charge is -2.27. The molecule has 4 rings (SSSR count). The molecule has 3 aromatic carbocycles. The Morgan fingerprint density at radius 3 is 2.21 bits per heavy atom. The molecule has 1 saturated heterocycles. The van der Waals surface area contributed by atoms with Gasteiger partial charge in [0.1, 0.15) is 17.9 Å². The smallest absolute Gasteiger partial charge is 0.335 e. The first-order chi connectivity index (χ1) is 15.8. The van der Waals surface area contributed by atoms with Crippen molar-refractivity contribution in [3.63, 3.8) is 0 Å². The van der Waals surface area contributed by atoms with Crippen molar-refractivity contribution in [1.82, 2.24) is 5.32 Å². The number of anilines is 1. The number of carbonyl (C=O) groups excluding carboxylic acids is 3. The zero-order valence-electron chi connectivity index (χ0n) is 18.7. The maximum absolute atomic E-state index is 13.1. The summed E-state index contributed by atoms with van der Waals surface area (Å²) in [6.07, 6.45) is 1.48. The van der Waals surface area contributed by atoms with Gasteiger partial charge in [0.25, 0.3) is 11.8 Å². The second-order valence-electron chi connectivity index (χ2n) is 8.15. The molecule has 0 aliphatic carbocycles. The topological polar surface area (TPSA) is 75.7 Å². The average molecular weight is 440 g/mol. The van der Waals surface area contributed by atoms with Crippen LogP contribution in [-0.4, -0.2) is 17.8 Å². The monoisotopic (exact) mass is 440 g/mol. The molecule has 0 unspecified atom stereocenters. The summed E-state index contributed by atoms with van der Waals surface area (Å²) in [7, 11) is 0. The third-order valence-electron chi connectivity index (χ3n) is 5.25. The van der Waals surface area contributed by atoms with Crippen LogP contribution in [0.5, 0.6) is 5.75 Å². The quantitative estimate of drug-likeness (QED) is 0.454. The fourth-order valence-electron chi connectivity index (χ4n) is 3.77. The minimum atomic E-state index is -0.757. The molecule has 1 aliphatic heterocycles. The van der Waals surface area contributed by atoms with Gasteiger partial charge in [0.05, 0.1) is 5.69 Å². The molecule has 33 heavy (non-hydrogen) atoms. The number of carbonyl (C=O) groups is 3. The molecule has 3 aromatic rings. The first kappa shape index (κ1) is 22.0. The van der Waals surface area contributed by atoms with Gasteiger partial charge in [-0.2, -0.15) is 0 Å². The van der Waals surface area contributed by atoms with Crippen molar-refractivity contribution >= 4 is 29.6 Å². The third-order valence-corrected chi connectivity index (χ3v) is 5.25. The van der Waals surface area contributed by atoms with Crippen LogP contribution in [0.1, 0.15) is 27.8 Å². The highest BCUT2D eigenvalue weighted by Crippen LogP contribution is 2.25. The molecule has 1 N–H and O–H groups in total. The lowest BCUT2D eigenvalue weighted by molar-refractivity contribution is -0.122. The molecule has 0 aromatic heterocycles. The number of urea groups is 1. The van der Waals surface area contributed by atoms with E-state index in [0.717, 1.165) is 21.6 Å². The Bertz CT molecular complexity index is 1260. The van der Waals surface area contributed by atoms with Crippen LogP contribution in [0.3, 0.4) is 0 Å². The summed E-state index contributed by atoms with van der Waals surface area (Å²) >= 11 is 0. The number of aryl methyl sites for hydroxylation is 3. The molecule has 166 valence electrons. The zero-order chi connectivity index (χ0) is 23.5. The largest absolute Gasteiger partial charge is 0.489 e. The fourth-order valence-corrected chi connectivity index (χ4v) is 3.77. The molecule has 0 bridgehead atoms. The van der Waals surface area contributed by atoms with E-state index in [0.29, 0.717) is 23.6 Å². The van der Waals surface area contributed by atoms with E-state index in [9.17, 15) is 14.4 Å². The maximum Gasteiger partial charge on any atom is 0.335 e. The summed E-state index contributed by atoms with van der Waals surface area (Å²) in [5, 5.41) is 2.26. The van der Waals surface area contributed by atoms with E-state index >= 15 is 0 Å². The van der Waals surface area contributed by atoms with Gasteiger partial charge in [-0.25, -0.2) is 9.69 Å². The van der Waals surface area contributed by atoms with Gasteiger partial charge in [-0.15, -0.1) is 0 Å². The van der Waals surface area contributed by atoms with E-state index in [1.54, 1.807) is 36.4 Å². The lowest BCUT2D eigenvalue weighted by Crippen LogP contribution is -2.54. The SMILES string of the molecule is Cc1cccc(COc2ccc(/C=C3\C(=O)NC(=O)N(c4cc(C)cc(C)c4)C3=O)cc2)c1. The van der Waals surface area contributed by atoms with E-state index in [-0.39, 0.29) is 5.57 Å². The third kappa shape index (κ3) is 5.01. The molecule has 6 heteroatoms. The number of amides is 4. The number of hydrogen-bond donors (Lipinski definition) is 1. The van der Waals surface area contributed by atoms with Crippen molar-refractivity contribution in [3.05, 3.63) is 100 Å². The molecule has 0 radical (unpaired) electrons. The van der Waals surface area contributed by atoms with Crippen LogP contribution < -0.4 is 15.0 Å². The van der Waals surface area contributed by atoms with Crippen molar-refractivity contribution in [2.24, 2.45) is 0 Å². The van der Waals surface area contributed by atoms with E-state index in [2.05, 4.69) is 11.4 Å². The Hall–Kier alpha value is -4.19. The highest BCUT2D eigenvalue weighted by atomic mass is 16.5. The van der Waals surface area contributed by atoms with Gasteiger partial charge in [-0.1, -0.05) is 48.0 Å². The predicted molar refractivity (Wildman–Crippen MR) is 127 cm³/mol. The molecule has 0 atom stereocenters. The van der Waals surface area contributed by atoms with Gasteiger partial charge < -0.3 is 4.74 Å². The number of ether oxygens (including phenoxy) is 1. The molecular formula is C27H24N2O4. The lowest BCUT2D eigenvalue weighted by atomic mass is 10.1. The van der Waals surface area contributed by atoms with E-state index in [1.807, 2.05) is 45.0 Å². The van der Waals surface area contributed by atoms with Crippen molar-refractivity contribution in [2.45, 2.75) is 27.4 Å². The molecule has 1 fully saturated rings. The first-order valence-electron chi connectivity index (χ1n) is 10.6. The molecular weight excluding hydrogens is 416 g/mol. The Balaban J connectivity index is 1.53. The van der Waals surface area contributed by atoms with Crippen molar-refractivity contribution in [1.29, 1.82) is 0 Å². The summed E-state index contributed by atoms with van der Waals surface area (Å²) in [6, 6.07) is 19.8. The Kier molecular flexibility index (Phi) is 6.09. The number of benzene rings is 3. The van der Waals surface area contributed by atoms with Crippen molar-refractivity contribution in [3.8, 4) is 5.75 Å². The minimum absolute atomic E-state index is 0.109. The summed E-state index contributed by atoms with van der Waals surface area (Å²) in [5.41, 5.74) is 5.02. The van der Waals surface area contributed by atoms with Crippen LogP contribution in [0.15, 0.2) is 72.3 Å². The van der Waals surface area contributed by atoms with Crippen LogP contribution in [0.4, 0.5) is 10.5 Å². The summed E-state index contributed by atoms with van der Waals surface area (Å²) in [4.78, 5) is 38.9. The van der Waals surface area contributed by atoms with Crippen LogP contribution in [-0.2, 0) is 16.2 Å². The van der Waals surface area contributed by atoms with Crippen molar-refractivity contribution in [2.75, 3.05) is 4.90 Å². The molecule has 1 heterocycles. The number of rotatable bonds is 5. The Labute approximate surface area is 192 Å². The summed E-state index contributed by atoms with van der Waals surface area (Å²) < 4.78 is 5.83. The maximum atomic E-state index is 13.1.